The summed E-state index contributed by atoms with van der Waals surface area (Å²) in [4.78, 5) is 103. The third-order valence-electron chi connectivity index (χ3n) is 9.13. The van der Waals surface area contributed by atoms with Crippen molar-refractivity contribution in [2.45, 2.75) is 102 Å². The number of carboxylic acid groups (broad SMARTS) is 1. The highest BCUT2D eigenvalue weighted by atomic mass is 16.6. The molecule has 0 aliphatic rings. The van der Waals surface area contributed by atoms with E-state index in [9.17, 15) is 48.6 Å². The second kappa shape index (κ2) is 26.3. The zero-order valence-corrected chi connectivity index (χ0v) is 35.0. The van der Waals surface area contributed by atoms with Gasteiger partial charge in [-0.05, 0) is 56.7 Å². The van der Waals surface area contributed by atoms with E-state index in [1.54, 1.807) is 84.9 Å². The fourth-order valence-corrected chi connectivity index (χ4v) is 5.52. The number of aliphatic carboxylic acids is 1. The van der Waals surface area contributed by atoms with E-state index in [0.29, 0.717) is 11.1 Å². The number of amides is 6. The number of unbranched alkanes of at least 4 members (excludes halogenated alkanes) is 1. The van der Waals surface area contributed by atoms with Crippen molar-refractivity contribution in [3.8, 4) is 0 Å². The van der Waals surface area contributed by atoms with Crippen molar-refractivity contribution < 1.29 is 67.9 Å². The average Bonchev–Trinajstić information content (AvgIpc) is 3.27. The number of carbonyl (C=O) groups is 8. The van der Waals surface area contributed by atoms with Gasteiger partial charge in [0, 0.05) is 6.54 Å². The molecule has 340 valence electrons. The molecular formula is C43H54N6O14. The standard InChI is InChI=1S/C43H54N6O14/c1-26(36(52)48-33(28(3)50)38(54)46-27(2)40(56)57)45-39(55)34(35(51)41(58)61-23-29-15-7-4-8-16-29)49-37(53)32(47-43(60)63-25-31-19-11-6-12-20-31)21-13-14-22-44-42(59)62-24-30-17-9-5-10-18-30/h4-12,15-20,26-28,32-35,50-51H,13-14,21-25H2,1-3H3,(H,44,59)(H,45,55)(H,46,54)(H,47,60)(H,48,52)(H,49,53)(H,56,57)/t26-,27-,28+,32-,33+,34+,35+/m0/s1. The van der Waals surface area contributed by atoms with Crippen LogP contribution in [0.2, 0.25) is 0 Å². The van der Waals surface area contributed by atoms with E-state index in [1.807, 2.05) is 6.07 Å². The number of hydrogen-bond acceptors (Lipinski definition) is 13. The smallest absolute Gasteiger partial charge is 0.408 e. The van der Waals surface area contributed by atoms with Gasteiger partial charge in [0.1, 0.15) is 50.0 Å². The van der Waals surface area contributed by atoms with Gasteiger partial charge >= 0.3 is 24.1 Å². The van der Waals surface area contributed by atoms with Gasteiger partial charge in [0.25, 0.3) is 0 Å². The summed E-state index contributed by atoms with van der Waals surface area (Å²) >= 11 is 0. The molecule has 0 aliphatic heterocycles. The minimum Gasteiger partial charge on any atom is -0.480 e. The van der Waals surface area contributed by atoms with Gasteiger partial charge in [-0.15, -0.1) is 0 Å². The Morgan fingerprint density at radius 2 is 0.984 bits per heavy atom. The number of aliphatic hydroxyl groups is 2. The van der Waals surface area contributed by atoms with E-state index in [2.05, 4.69) is 31.9 Å². The molecule has 7 atom stereocenters. The minimum atomic E-state index is -2.38. The number of benzene rings is 3. The largest absolute Gasteiger partial charge is 0.480 e. The van der Waals surface area contributed by atoms with Crippen molar-refractivity contribution in [3.05, 3.63) is 108 Å². The summed E-state index contributed by atoms with van der Waals surface area (Å²) in [6.45, 7) is 3.14. The molecule has 0 saturated heterocycles. The van der Waals surface area contributed by atoms with E-state index in [0.717, 1.165) is 26.3 Å². The third kappa shape index (κ3) is 18.2. The van der Waals surface area contributed by atoms with E-state index in [4.69, 9.17) is 19.3 Å². The maximum Gasteiger partial charge on any atom is 0.408 e. The Labute approximate surface area is 363 Å². The Balaban J connectivity index is 1.77. The molecule has 0 spiro atoms. The minimum absolute atomic E-state index is 0.0429. The first-order valence-corrected chi connectivity index (χ1v) is 20.0. The summed E-state index contributed by atoms with van der Waals surface area (Å²) in [7, 11) is 0. The molecule has 3 rings (SSSR count). The highest BCUT2D eigenvalue weighted by Crippen LogP contribution is 2.09. The Hall–Kier alpha value is -7.06. The lowest BCUT2D eigenvalue weighted by molar-refractivity contribution is -0.159. The number of ether oxygens (including phenoxy) is 3. The van der Waals surface area contributed by atoms with Crippen molar-refractivity contribution in [2.24, 2.45) is 0 Å². The maximum atomic E-state index is 13.9. The van der Waals surface area contributed by atoms with Crippen LogP contribution in [-0.2, 0) is 62.8 Å². The molecule has 3 aromatic rings. The fraction of sp³-hybridized carbons (Fsp3) is 0.395. The molecule has 63 heavy (non-hydrogen) atoms. The molecule has 0 heterocycles. The van der Waals surface area contributed by atoms with Crippen LogP contribution in [0.15, 0.2) is 91.0 Å². The van der Waals surface area contributed by atoms with E-state index < -0.39 is 90.2 Å². The number of carboxylic acids is 1. The molecule has 0 radical (unpaired) electrons. The van der Waals surface area contributed by atoms with Crippen molar-refractivity contribution >= 4 is 47.8 Å². The number of hydrogen-bond donors (Lipinski definition) is 9. The maximum absolute atomic E-state index is 13.9. The summed E-state index contributed by atoms with van der Waals surface area (Å²) in [6.07, 6.45) is -5.22. The van der Waals surface area contributed by atoms with Crippen LogP contribution in [-0.4, -0.2) is 112 Å². The number of esters is 1. The quantitative estimate of drug-likeness (QED) is 0.0344. The van der Waals surface area contributed by atoms with Crippen LogP contribution in [0.25, 0.3) is 0 Å². The van der Waals surface area contributed by atoms with Gasteiger partial charge in [0.05, 0.1) is 6.10 Å². The molecule has 9 N–H and O–H groups in total. The molecular weight excluding hydrogens is 825 g/mol. The zero-order valence-electron chi connectivity index (χ0n) is 35.0. The molecule has 0 saturated carbocycles. The predicted molar refractivity (Wildman–Crippen MR) is 223 cm³/mol. The molecule has 3 aromatic carbocycles. The zero-order chi connectivity index (χ0) is 46.3. The van der Waals surface area contributed by atoms with Gasteiger partial charge in [0.2, 0.25) is 23.6 Å². The first-order chi connectivity index (χ1) is 30.0. The summed E-state index contributed by atoms with van der Waals surface area (Å²) < 4.78 is 15.7. The normalized spacial score (nSPS) is 14.0. The van der Waals surface area contributed by atoms with Crippen molar-refractivity contribution in [1.29, 1.82) is 0 Å². The highest BCUT2D eigenvalue weighted by molar-refractivity contribution is 5.98. The fourth-order valence-electron chi connectivity index (χ4n) is 5.52. The molecule has 6 amide bonds. The Morgan fingerprint density at radius 3 is 1.49 bits per heavy atom. The number of carbonyl (C=O) groups excluding carboxylic acids is 7. The second-order valence-corrected chi connectivity index (χ2v) is 14.3. The molecule has 0 fully saturated rings. The average molecular weight is 879 g/mol. The van der Waals surface area contributed by atoms with Gasteiger partial charge < -0.3 is 61.4 Å². The Bertz CT molecular complexity index is 1970. The Kier molecular flexibility index (Phi) is 21.0. The van der Waals surface area contributed by atoms with Crippen LogP contribution in [0.4, 0.5) is 9.59 Å². The topological polar surface area (TPSA) is 297 Å². The first-order valence-electron chi connectivity index (χ1n) is 20.0. The third-order valence-corrected chi connectivity index (χ3v) is 9.13. The SMILES string of the molecule is C[C@H](NC(=O)[C@H](NC(=O)[C@H](C)NC(=O)[C@H](NC(=O)[C@H](CCCCNC(=O)OCc1ccccc1)NC(=O)OCc1ccccc1)[C@@H](O)C(=O)OCc1ccccc1)[C@@H](C)O)C(=O)O. The van der Waals surface area contributed by atoms with Crippen molar-refractivity contribution in [1.82, 2.24) is 31.9 Å². The molecule has 0 bridgehead atoms. The number of alkyl carbamates (subject to hydrolysis) is 2. The molecule has 0 unspecified atom stereocenters. The van der Waals surface area contributed by atoms with Gasteiger partial charge in [-0.25, -0.2) is 14.4 Å². The lowest BCUT2D eigenvalue weighted by Gasteiger charge is -2.27. The molecule has 0 aromatic heterocycles. The first kappa shape index (κ1) is 50.3. The van der Waals surface area contributed by atoms with Crippen molar-refractivity contribution in [3.63, 3.8) is 0 Å². The monoisotopic (exact) mass is 878 g/mol. The van der Waals surface area contributed by atoms with Crippen LogP contribution in [0.3, 0.4) is 0 Å². The summed E-state index contributed by atoms with van der Waals surface area (Å²) in [5, 5.41) is 44.4. The van der Waals surface area contributed by atoms with Crippen LogP contribution < -0.4 is 31.9 Å². The lowest BCUT2D eigenvalue weighted by atomic mass is 10.1. The molecule has 0 aliphatic carbocycles. The molecule has 20 nitrogen and oxygen atoms in total. The van der Waals surface area contributed by atoms with Gasteiger partial charge in [-0.1, -0.05) is 91.0 Å². The number of rotatable bonds is 24. The van der Waals surface area contributed by atoms with Gasteiger partial charge in [-0.3, -0.25) is 24.0 Å². The number of nitrogens with one attached hydrogen (secondary N) is 6. The van der Waals surface area contributed by atoms with Crippen LogP contribution in [0, 0.1) is 0 Å². The van der Waals surface area contributed by atoms with E-state index in [1.165, 1.54) is 0 Å². The summed E-state index contributed by atoms with van der Waals surface area (Å²) in [5.41, 5.74) is 1.95. The van der Waals surface area contributed by atoms with Gasteiger partial charge in [0.15, 0.2) is 6.10 Å². The van der Waals surface area contributed by atoms with Gasteiger partial charge in [-0.2, -0.15) is 0 Å². The summed E-state index contributed by atoms with van der Waals surface area (Å²) in [5.74, 6) is -7.18. The second-order valence-electron chi connectivity index (χ2n) is 14.3. The lowest BCUT2D eigenvalue weighted by Crippen LogP contribution is -2.62. The van der Waals surface area contributed by atoms with Crippen LogP contribution in [0.1, 0.15) is 56.7 Å². The van der Waals surface area contributed by atoms with Crippen LogP contribution >= 0.6 is 0 Å². The highest BCUT2D eigenvalue weighted by Gasteiger charge is 2.38. The molecule has 20 heteroatoms. The van der Waals surface area contributed by atoms with E-state index in [-0.39, 0.29) is 45.6 Å². The summed E-state index contributed by atoms with van der Waals surface area (Å²) in [6, 6.07) is 17.8. The Morgan fingerprint density at radius 1 is 0.524 bits per heavy atom. The van der Waals surface area contributed by atoms with E-state index >= 15 is 0 Å². The van der Waals surface area contributed by atoms with Crippen molar-refractivity contribution in [2.75, 3.05) is 6.54 Å². The predicted octanol–water partition coefficient (Wildman–Crippen LogP) is 0.927. The van der Waals surface area contributed by atoms with Crippen LogP contribution in [0.5, 0.6) is 0 Å². The number of aliphatic hydroxyl groups excluding tert-OH is 2.